The molecule has 0 fully saturated rings. The number of fused-ring (bicyclic) bond motifs is 1. The van der Waals surface area contributed by atoms with Crippen molar-refractivity contribution in [2.75, 3.05) is 6.61 Å². The van der Waals surface area contributed by atoms with Gasteiger partial charge < -0.3 is 10.5 Å². The first-order valence-electron chi connectivity index (χ1n) is 4.21. The van der Waals surface area contributed by atoms with Crippen LogP contribution in [0.1, 0.15) is 18.0 Å². The van der Waals surface area contributed by atoms with Crippen molar-refractivity contribution in [2.45, 2.75) is 12.5 Å². The molecule has 0 saturated heterocycles. The van der Waals surface area contributed by atoms with Crippen LogP contribution in [0, 0.1) is 6.57 Å². The van der Waals surface area contributed by atoms with Crippen LogP contribution in [0.3, 0.4) is 0 Å². The van der Waals surface area contributed by atoms with Crippen LogP contribution < -0.4 is 10.5 Å². The Kier molecular flexibility index (Phi) is 1.91. The lowest BCUT2D eigenvalue weighted by atomic mass is 10.0. The molecular formula is C10H10N2O. The van der Waals surface area contributed by atoms with E-state index in [1.54, 1.807) is 12.1 Å². The molecule has 3 heteroatoms. The maximum atomic E-state index is 6.85. The highest BCUT2D eigenvalue weighted by atomic mass is 16.5. The number of benzene rings is 1. The summed E-state index contributed by atoms with van der Waals surface area (Å²) in [6, 6.07) is 5.47. The van der Waals surface area contributed by atoms with Crippen LogP contribution in [0.25, 0.3) is 4.85 Å². The summed E-state index contributed by atoms with van der Waals surface area (Å²) < 4.78 is 5.41. The normalized spacial score (nSPS) is 19.8. The van der Waals surface area contributed by atoms with Gasteiger partial charge in [-0.05, 0) is 6.07 Å². The van der Waals surface area contributed by atoms with E-state index in [2.05, 4.69) is 4.85 Å². The number of rotatable bonds is 0. The van der Waals surface area contributed by atoms with Gasteiger partial charge in [-0.15, -0.1) is 0 Å². The maximum Gasteiger partial charge on any atom is 0.190 e. The van der Waals surface area contributed by atoms with Crippen LogP contribution in [-0.4, -0.2) is 6.61 Å². The third-order valence-corrected chi connectivity index (χ3v) is 2.21. The lowest BCUT2D eigenvalue weighted by Crippen LogP contribution is -2.20. The van der Waals surface area contributed by atoms with Crippen molar-refractivity contribution in [3.05, 3.63) is 35.2 Å². The zero-order valence-electron chi connectivity index (χ0n) is 7.16. The fourth-order valence-corrected chi connectivity index (χ4v) is 1.48. The molecule has 0 radical (unpaired) electrons. The molecule has 0 amide bonds. The monoisotopic (exact) mass is 174 g/mol. The minimum absolute atomic E-state index is 0.0588. The van der Waals surface area contributed by atoms with Crippen LogP contribution >= 0.6 is 0 Å². The third kappa shape index (κ3) is 1.36. The third-order valence-electron chi connectivity index (χ3n) is 2.21. The van der Waals surface area contributed by atoms with Gasteiger partial charge in [0.15, 0.2) is 5.69 Å². The molecule has 1 unspecified atom stereocenters. The summed E-state index contributed by atoms with van der Waals surface area (Å²) in [5, 5.41) is 0. The lowest BCUT2D eigenvalue weighted by molar-refractivity contribution is 0.269. The molecule has 1 aromatic rings. The SMILES string of the molecule is [C-]#[N+]c1ccc2c(c1)OCCC2N. The second-order valence-electron chi connectivity index (χ2n) is 3.08. The van der Waals surface area contributed by atoms with E-state index in [1.807, 2.05) is 6.07 Å². The molecule has 0 aromatic heterocycles. The molecule has 0 bridgehead atoms. The molecule has 1 heterocycles. The lowest BCUT2D eigenvalue weighted by Gasteiger charge is -2.22. The summed E-state index contributed by atoms with van der Waals surface area (Å²) in [6.07, 6.45) is 0.852. The Labute approximate surface area is 76.9 Å². The predicted octanol–water partition coefficient (Wildman–Crippen LogP) is 2.02. The van der Waals surface area contributed by atoms with Crippen molar-refractivity contribution in [3.63, 3.8) is 0 Å². The quantitative estimate of drug-likeness (QED) is 0.611. The van der Waals surface area contributed by atoms with Gasteiger partial charge in [-0.3, -0.25) is 0 Å². The van der Waals surface area contributed by atoms with Gasteiger partial charge in [-0.25, -0.2) is 4.85 Å². The van der Waals surface area contributed by atoms with Crippen molar-refractivity contribution >= 4 is 5.69 Å². The molecule has 0 aliphatic carbocycles. The number of hydrogen-bond donors (Lipinski definition) is 1. The Bertz CT molecular complexity index is 368. The van der Waals surface area contributed by atoms with Gasteiger partial charge in [0, 0.05) is 18.0 Å². The first-order chi connectivity index (χ1) is 6.31. The molecular weight excluding hydrogens is 164 g/mol. The van der Waals surface area contributed by atoms with Crippen molar-refractivity contribution in [1.82, 2.24) is 0 Å². The minimum atomic E-state index is 0.0588. The van der Waals surface area contributed by atoms with Gasteiger partial charge in [0.2, 0.25) is 0 Å². The summed E-state index contributed by atoms with van der Waals surface area (Å²) in [4.78, 5) is 3.33. The van der Waals surface area contributed by atoms with Crippen LogP contribution in [-0.2, 0) is 0 Å². The second-order valence-corrected chi connectivity index (χ2v) is 3.08. The van der Waals surface area contributed by atoms with Crippen LogP contribution in [0.4, 0.5) is 5.69 Å². The Morgan fingerprint density at radius 3 is 3.15 bits per heavy atom. The first-order valence-corrected chi connectivity index (χ1v) is 4.21. The summed E-state index contributed by atoms with van der Waals surface area (Å²) in [5.41, 5.74) is 7.50. The van der Waals surface area contributed by atoms with E-state index in [9.17, 15) is 0 Å². The number of nitrogens with zero attached hydrogens (tertiary/aromatic N) is 1. The highest BCUT2D eigenvalue weighted by Gasteiger charge is 2.17. The largest absolute Gasteiger partial charge is 0.494 e. The molecule has 1 aromatic carbocycles. The van der Waals surface area contributed by atoms with Crippen LogP contribution in [0.2, 0.25) is 0 Å². The molecule has 0 spiro atoms. The Hall–Kier alpha value is -1.53. The average Bonchev–Trinajstić information content (AvgIpc) is 2.18. The molecule has 1 atom stereocenters. The zero-order valence-corrected chi connectivity index (χ0v) is 7.16. The van der Waals surface area contributed by atoms with E-state index < -0.39 is 0 Å². The Morgan fingerprint density at radius 2 is 2.38 bits per heavy atom. The van der Waals surface area contributed by atoms with Crippen molar-refractivity contribution in [1.29, 1.82) is 0 Å². The Morgan fingerprint density at radius 1 is 1.54 bits per heavy atom. The van der Waals surface area contributed by atoms with E-state index in [1.165, 1.54) is 0 Å². The predicted molar refractivity (Wildman–Crippen MR) is 49.7 cm³/mol. The highest BCUT2D eigenvalue weighted by Crippen LogP contribution is 2.33. The van der Waals surface area contributed by atoms with Gasteiger partial charge >= 0.3 is 0 Å². The van der Waals surface area contributed by atoms with Gasteiger partial charge in [-0.2, -0.15) is 0 Å². The number of nitrogens with two attached hydrogens (primary N) is 1. The fourth-order valence-electron chi connectivity index (χ4n) is 1.48. The van der Waals surface area contributed by atoms with Crippen molar-refractivity contribution < 1.29 is 4.74 Å². The summed E-state index contributed by atoms with van der Waals surface area (Å²) >= 11 is 0. The fraction of sp³-hybridized carbons (Fsp3) is 0.300. The highest BCUT2D eigenvalue weighted by molar-refractivity contribution is 5.53. The van der Waals surface area contributed by atoms with Crippen molar-refractivity contribution in [2.24, 2.45) is 5.73 Å². The number of ether oxygens (including phenoxy) is 1. The standard InChI is InChI=1S/C10H10N2O/c1-12-7-2-3-8-9(11)4-5-13-10(8)6-7/h2-3,6,9H,4-5,11H2. The van der Waals surface area contributed by atoms with Gasteiger partial charge in [0.1, 0.15) is 5.75 Å². The molecule has 66 valence electrons. The molecule has 13 heavy (non-hydrogen) atoms. The second kappa shape index (κ2) is 3.08. The van der Waals surface area contributed by atoms with Crippen molar-refractivity contribution in [3.8, 4) is 5.75 Å². The average molecular weight is 174 g/mol. The van der Waals surface area contributed by atoms with E-state index in [0.717, 1.165) is 17.7 Å². The molecule has 2 N–H and O–H groups in total. The van der Waals surface area contributed by atoms with Gasteiger partial charge in [0.25, 0.3) is 0 Å². The Balaban J connectivity index is 2.47. The van der Waals surface area contributed by atoms with E-state index in [-0.39, 0.29) is 6.04 Å². The summed E-state index contributed by atoms with van der Waals surface area (Å²) in [6.45, 7) is 7.50. The van der Waals surface area contributed by atoms with Crippen LogP contribution in [0.15, 0.2) is 18.2 Å². The van der Waals surface area contributed by atoms with Gasteiger partial charge in [-0.1, -0.05) is 12.1 Å². The topological polar surface area (TPSA) is 39.6 Å². The van der Waals surface area contributed by atoms with E-state index >= 15 is 0 Å². The molecule has 0 saturated carbocycles. The number of hydrogen-bond acceptors (Lipinski definition) is 2. The van der Waals surface area contributed by atoms with Gasteiger partial charge in [0.05, 0.1) is 13.2 Å². The molecule has 2 rings (SSSR count). The first kappa shape index (κ1) is 8.09. The molecule has 3 nitrogen and oxygen atoms in total. The zero-order chi connectivity index (χ0) is 9.26. The smallest absolute Gasteiger partial charge is 0.190 e. The summed E-state index contributed by atoms with van der Waals surface area (Å²) in [7, 11) is 0. The molecule has 1 aliphatic heterocycles. The van der Waals surface area contributed by atoms with Crippen LogP contribution in [0.5, 0.6) is 5.75 Å². The maximum absolute atomic E-state index is 6.85. The summed E-state index contributed by atoms with van der Waals surface area (Å²) in [5.74, 6) is 0.771. The molecule has 1 aliphatic rings. The van der Waals surface area contributed by atoms with E-state index in [4.69, 9.17) is 17.0 Å². The minimum Gasteiger partial charge on any atom is -0.494 e. The van der Waals surface area contributed by atoms with E-state index in [0.29, 0.717) is 12.3 Å².